The first-order chi connectivity index (χ1) is 17.3. The van der Waals surface area contributed by atoms with Crippen LogP contribution in [0.25, 0.3) is 0 Å². The Morgan fingerprint density at radius 1 is 0.865 bits per heavy atom. The van der Waals surface area contributed by atoms with Gasteiger partial charge < -0.3 is 30.4 Å². The topological polar surface area (TPSA) is 176 Å². The Hall–Kier alpha value is -2.86. The molecule has 0 heterocycles. The number of hydrogen-bond acceptors (Lipinski definition) is 8. The molecule has 0 aliphatic heterocycles. The van der Waals surface area contributed by atoms with Gasteiger partial charge in [0.15, 0.2) is 11.3 Å². The van der Waals surface area contributed by atoms with Crippen LogP contribution in [-0.2, 0) is 14.4 Å². The molecule has 1 unspecified atom stereocenters. The highest BCUT2D eigenvalue weighted by Gasteiger charge is 2.48. The fraction of sp³-hybridized carbons (Fsp3) is 0.615. The molecule has 0 bridgehead atoms. The van der Waals surface area contributed by atoms with Crippen molar-refractivity contribution in [3.05, 3.63) is 35.9 Å². The van der Waals surface area contributed by atoms with E-state index >= 15 is 0 Å². The van der Waals surface area contributed by atoms with Gasteiger partial charge in [0.25, 0.3) is 0 Å². The van der Waals surface area contributed by atoms with Crippen molar-refractivity contribution in [1.29, 1.82) is 0 Å². The first kappa shape index (κ1) is 32.2. The van der Waals surface area contributed by atoms with Crippen LogP contribution in [0.15, 0.2) is 30.3 Å². The lowest BCUT2D eigenvalue weighted by Gasteiger charge is -2.41. The summed E-state index contributed by atoms with van der Waals surface area (Å²) in [6.07, 6.45) is 1.75. The predicted molar refractivity (Wildman–Crippen MR) is 135 cm³/mol. The molecular weight excluding hydrogens is 484 g/mol. The van der Waals surface area contributed by atoms with Gasteiger partial charge in [0.05, 0.1) is 12.8 Å². The number of benzene rings is 1. The van der Waals surface area contributed by atoms with Crippen LogP contribution in [0.1, 0.15) is 62.7 Å². The minimum atomic E-state index is -2.74. The zero-order valence-corrected chi connectivity index (χ0v) is 21.8. The van der Waals surface area contributed by atoms with Gasteiger partial charge in [-0.3, -0.25) is 19.3 Å². The number of rotatable bonds is 14. The van der Waals surface area contributed by atoms with Crippen LogP contribution in [0, 0.1) is 5.92 Å². The largest absolute Gasteiger partial charge is 0.481 e. The molecule has 1 aliphatic carbocycles. The zero-order chi connectivity index (χ0) is 28.2. The Morgan fingerprint density at radius 3 is 1.76 bits per heavy atom. The second-order valence-electron chi connectivity index (χ2n) is 9.33. The number of aliphatic hydroxyl groups is 2. The average Bonchev–Trinajstić information content (AvgIpc) is 3.39. The number of Topliss-reactive ketones (excluding diaryl/α,β-unsaturated/α-hetero) is 1. The Morgan fingerprint density at radius 2 is 1.35 bits per heavy atom. The van der Waals surface area contributed by atoms with Crippen molar-refractivity contribution in [2.45, 2.75) is 63.7 Å². The molecule has 37 heavy (non-hydrogen) atoms. The van der Waals surface area contributed by atoms with E-state index in [9.17, 15) is 24.3 Å². The van der Waals surface area contributed by atoms with Crippen molar-refractivity contribution in [1.82, 2.24) is 9.80 Å². The Balaban J connectivity index is 0.000000448. The van der Waals surface area contributed by atoms with Gasteiger partial charge in [-0.1, -0.05) is 57.0 Å². The quantitative estimate of drug-likeness (QED) is 0.177. The van der Waals surface area contributed by atoms with E-state index in [1.165, 1.54) is 0 Å². The maximum atomic E-state index is 13.2. The van der Waals surface area contributed by atoms with E-state index in [-0.39, 0.29) is 11.7 Å². The highest BCUT2D eigenvalue weighted by molar-refractivity contribution is 6.02. The van der Waals surface area contributed by atoms with E-state index in [1.54, 1.807) is 12.1 Å². The number of aliphatic carboxylic acids is 3. The first-order valence-corrected chi connectivity index (χ1v) is 12.5. The molecule has 1 fully saturated rings. The van der Waals surface area contributed by atoms with Crippen molar-refractivity contribution in [2.75, 3.05) is 33.2 Å². The van der Waals surface area contributed by atoms with Crippen molar-refractivity contribution < 1.29 is 44.7 Å². The lowest BCUT2D eigenvalue weighted by Crippen LogP contribution is -2.59. The van der Waals surface area contributed by atoms with Crippen molar-refractivity contribution >= 4 is 23.7 Å². The number of nitrogens with zero attached hydrogens (tertiary/aromatic N) is 2. The minimum absolute atomic E-state index is 0.0203. The van der Waals surface area contributed by atoms with Gasteiger partial charge in [0.1, 0.15) is 0 Å². The van der Waals surface area contributed by atoms with Gasteiger partial charge in [-0.05, 0) is 33.0 Å². The maximum Gasteiger partial charge on any atom is 0.336 e. The minimum Gasteiger partial charge on any atom is -0.481 e. The summed E-state index contributed by atoms with van der Waals surface area (Å²) in [6.45, 7) is 7.80. The molecule has 1 aromatic carbocycles. The molecule has 0 aromatic heterocycles. The first-order valence-electron chi connectivity index (χ1n) is 12.5. The molecular formula is C26H40N2O9. The van der Waals surface area contributed by atoms with Crippen LogP contribution >= 0.6 is 0 Å². The van der Waals surface area contributed by atoms with Crippen molar-refractivity contribution in [3.8, 4) is 0 Å². The van der Waals surface area contributed by atoms with Gasteiger partial charge >= 0.3 is 17.9 Å². The Labute approximate surface area is 217 Å². The summed E-state index contributed by atoms with van der Waals surface area (Å²) >= 11 is 0. The molecule has 2 rings (SSSR count). The summed E-state index contributed by atoms with van der Waals surface area (Å²) in [4.78, 5) is 47.9. The third-order valence-electron chi connectivity index (χ3n) is 6.81. The number of hydrogen-bond donors (Lipinski definition) is 5. The zero-order valence-electron chi connectivity index (χ0n) is 21.8. The summed E-state index contributed by atoms with van der Waals surface area (Å²) in [5.74, 6) is -5.15. The smallest absolute Gasteiger partial charge is 0.336 e. The maximum absolute atomic E-state index is 13.2. The number of carboxylic acids is 3. The lowest BCUT2D eigenvalue weighted by molar-refractivity contribution is -0.170. The molecule has 1 saturated carbocycles. The van der Waals surface area contributed by atoms with Crippen LogP contribution in [0.2, 0.25) is 0 Å². The van der Waals surface area contributed by atoms with Gasteiger partial charge in [-0.2, -0.15) is 0 Å². The van der Waals surface area contributed by atoms with Gasteiger partial charge in [0.2, 0.25) is 5.78 Å². The molecule has 5 N–H and O–H groups in total. The molecule has 0 radical (unpaired) electrons. The third kappa shape index (κ3) is 9.19. The van der Waals surface area contributed by atoms with E-state index in [0.717, 1.165) is 45.3 Å². The van der Waals surface area contributed by atoms with Crippen LogP contribution in [0.5, 0.6) is 0 Å². The van der Waals surface area contributed by atoms with E-state index in [2.05, 4.69) is 18.7 Å². The monoisotopic (exact) mass is 524 g/mol. The summed E-state index contributed by atoms with van der Waals surface area (Å²) in [7, 11) is 1.89. The number of carbonyl (C=O) groups excluding carboxylic acids is 1. The predicted octanol–water partition coefficient (Wildman–Crippen LogP) is 1.77. The summed E-state index contributed by atoms with van der Waals surface area (Å²) in [6, 6.07) is 9.23. The molecule has 11 nitrogen and oxygen atoms in total. The van der Waals surface area contributed by atoms with Gasteiger partial charge in [0, 0.05) is 24.6 Å². The SMILES string of the molecule is CCN(CC)CCN(C)C(O)(C(=O)c1ccccc1)C1CCCC1.O=C(O)CC(O)(CC(=O)O)C(=O)O. The molecule has 1 atom stereocenters. The molecule has 1 aliphatic rings. The second-order valence-corrected chi connectivity index (χ2v) is 9.33. The third-order valence-corrected chi connectivity index (χ3v) is 6.81. The van der Waals surface area contributed by atoms with Crippen LogP contribution in [0.4, 0.5) is 0 Å². The number of likely N-dealkylation sites (N-methyl/N-ethyl adjacent to an activating group) is 2. The molecule has 1 aromatic rings. The highest BCUT2D eigenvalue weighted by atomic mass is 16.4. The van der Waals surface area contributed by atoms with Crippen LogP contribution in [0.3, 0.4) is 0 Å². The van der Waals surface area contributed by atoms with Crippen LogP contribution in [-0.4, -0.2) is 104 Å². The summed E-state index contributed by atoms with van der Waals surface area (Å²) < 4.78 is 0. The fourth-order valence-corrected chi connectivity index (χ4v) is 4.52. The van der Waals surface area contributed by atoms with Crippen molar-refractivity contribution in [2.24, 2.45) is 5.92 Å². The van der Waals surface area contributed by atoms with Gasteiger partial charge in [-0.25, -0.2) is 4.79 Å². The normalized spacial score (nSPS) is 15.6. The summed E-state index contributed by atoms with van der Waals surface area (Å²) in [5.41, 5.74) is -3.54. The number of carbonyl (C=O) groups is 4. The van der Waals surface area contributed by atoms with Gasteiger partial charge in [-0.15, -0.1) is 0 Å². The van der Waals surface area contributed by atoms with E-state index in [0.29, 0.717) is 12.1 Å². The molecule has 11 heteroatoms. The summed E-state index contributed by atoms with van der Waals surface area (Å²) in [5, 5.41) is 45.3. The average molecular weight is 525 g/mol. The van der Waals surface area contributed by atoms with Crippen LogP contribution < -0.4 is 0 Å². The molecule has 0 spiro atoms. The second kappa shape index (κ2) is 14.8. The fourth-order valence-electron chi connectivity index (χ4n) is 4.52. The molecule has 0 amide bonds. The highest BCUT2D eigenvalue weighted by Crippen LogP contribution is 2.37. The Bertz CT molecular complexity index is 883. The number of carboxylic acid groups (broad SMARTS) is 3. The molecule has 208 valence electrons. The van der Waals surface area contributed by atoms with E-state index in [1.807, 2.05) is 30.1 Å². The number of ketones is 1. The van der Waals surface area contributed by atoms with E-state index in [4.69, 9.17) is 20.4 Å². The van der Waals surface area contributed by atoms with E-state index < -0.39 is 42.1 Å². The standard InChI is InChI=1S/C20H32N2O2.C6H8O7/c1-4-22(5-2)16-15-21(3)20(24,18-13-9-10-14-18)19(23)17-11-7-6-8-12-17;7-3(8)1-6(13,5(11)12)2-4(9)10/h6-8,11-12,18,24H,4-5,9-10,13-16H2,1-3H3;13H,1-2H2,(H,7,8)(H,9,10)(H,11,12). The van der Waals surface area contributed by atoms with Crippen molar-refractivity contribution in [3.63, 3.8) is 0 Å². The lowest BCUT2D eigenvalue weighted by atomic mass is 9.85. The Kier molecular flexibility index (Phi) is 12.8. The molecule has 0 saturated heterocycles.